The van der Waals surface area contributed by atoms with Crippen LogP contribution < -0.4 is 5.69 Å². The van der Waals surface area contributed by atoms with Crippen LogP contribution in [-0.4, -0.2) is 33.4 Å². The lowest BCUT2D eigenvalue weighted by atomic mass is 10.0. The number of hydrogen-bond donors (Lipinski definition) is 1. The number of hydrogen-bond acceptors (Lipinski definition) is 2. The van der Waals surface area contributed by atoms with Gasteiger partial charge in [-0.25, -0.2) is 4.79 Å². The molecule has 1 aliphatic heterocycles. The van der Waals surface area contributed by atoms with Crippen molar-refractivity contribution in [2.24, 2.45) is 0 Å². The molecule has 1 amide bonds. The molecule has 158 valence electrons. The van der Waals surface area contributed by atoms with Crippen LogP contribution in [0.5, 0.6) is 0 Å². The van der Waals surface area contributed by atoms with Crippen LogP contribution in [0.1, 0.15) is 30.0 Å². The first-order valence-corrected chi connectivity index (χ1v) is 9.94. The van der Waals surface area contributed by atoms with Gasteiger partial charge in [0.2, 0.25) is 5.91 Å². The summed E-state index contributed by atoms with van der Waals surface area (Å²) in [5.41, 5.74) is 0.914. The molecular weight excluding hydrogens is 419 g/mol. The van der Waals surface area contributed by atoms with Gasteiger partial charge in [-0.3, -0.25) is 9.36 Å². The van der Waals surface area contributed by atoms with E-state index in [1.807, 2.05) is 0 Å². The van der Waals surface area contributed by atoms with Gasteiger partial charge in [0.05, 0.1) is 28.0 Å². The largest absolute Gasteiger partial charge is 0.416 e. The van der Waals surface area contributed by atoms with Crippen molar-refractivity contribution in [3.8, 4) is 0 Å². The number of imidazole rings is 1. The van der Waals surface area contributed by atoms with Gasteiger partial charge < -0.3 is 9.88 Å². The maximum absolute atomic E-state index is 12.7. The number of carbonyl (C=O) groups is 1. The third-order valence-electron chi connectivity index (χ3n) is 5.51. The van der Waals surface area contributed by atoms with E-state index in [1.54, 1.807) is 27.7 Å². The van der Waals surface area contributed by atoms with E-state index >= 15 is 0 Å². The van der Waals surface area contributed by atoms with Crippen LogP contribution in [0.4, 0.5) is 13.2 Å². The maximum Gasteiger partial charge on any atom is 0.416 e. The molecule has 9 heteroatoms. The molecule has 0 aliphatic carbocycles. The standard InChI is InChI=1S/C21H19ClF3N3O2/c22-16-2-1-3-17-19(16)28(20(30)26-17)15-8-10-27(11-9-15)18(29)12-13-4-6-14(7-5-13)21(23,24)25/h1-7,15H,8-12H2,(H,26,30). The number of alkyl halides is 3. The average Bonchev–Trinajstić information content (AvgIpc) is 3.05. The molecule has 3 aromatic rings. The Labute approximate surface area is 175 Å². The van der Waals surface area contributed by atoms with Crippen molar-refractivity contribution in [3.63, 3.8) is 0 Å². The number of H-pyrrole nitrogens is 1. The first kappa shape index (κ1) is 20.5. The van der Waals surface area contributed by atoms with Crippen molar-refractivity contribution >= 4 is 28.5 Å². The Balaban J connectivity index is 1.42. The Kier molecular flexibility index (Phi) is 5.36. The number of aromatic amines is 1. The van der Waals surface area contributed by atoms with E-state index in [0.29, 0.717) is 47.6 Å². The van der Waals surface area contributed by atoms with E-state index in [1.165, 1.54) is 12.1 Å². The van der Waals surface area contributed by atoms with E-state index in [2.05, 4.69) is 4.98 Å². The molecular formula is C21H19ClF3N3O2. The molecule has 0 bridgehead atoms. The fraction of sp³-hybridized carbons (Fsp3) is 0.333. The normalized spacial score (nSPS) is 15.7. The molecule has 0 atom stereocenters. The minimum atomic E-state index is -4.40. The van der Waals surface area contributed by atoms with Crippen LogP contribution in [0.25, 0.3) is 11.0 Å². The van der Waals surface area contributed by atoms with Gasteiger partial charge in [0.1, 0.15) is 0 Å². The van der Waals surface area contributed by atoms with Crippen molar-refractivity contribution in [1.82, 2.24) is 14.5 Å². The number of fused-ring (bicyclic) bond motifs is 1. The second-order valence-corrected chi connectivity index (χ2v) is 7.83. The first-order valence-electron chi connectivity index (χ1n) is 9.56. The summed E-state index contributed by atoms with van der Waals surface area (Å²) >= 11 is 6.29. The molecule has 1 N–H and O–H groups in total. The quantitative estimate of drug-likeness (QED) is 0.660. The van der Waals surface area contributed by atoms with E-state index in [4.69, 9.17) is 11.6 Å². The van der Waals surface area contributed by atoms with Crippen molar-refractivity contribution in [2.45, 2.75) is 31.5 Å². The number of likely N-dealkylation sites (tertiary alicyclic amines) is 1. The number of rotatable bonds is 3. The van der Waals surface area contributed by atoms with Gasteiger partial charge >= 0.3 is 11.9 Å². The van der Waals surface area contributed by atoms with E-state index < -0.39 is 11.7 Å². The van der Waals surface area contributed by atoms with Gasteiger partial charge in [0.15, 0.2) is 0 Å². The molecule has 0 radical (unpaired) electrons. The molecule has 2 heterocycles. The fourth-order valence-electron chi connectivity index (χ4n) is 3.96. The zero-order valence-electron chi connectivity index (χ0n) is 15.9. The molecule has 1 aliphatic rings. The number of nitrogens with zero attached hydrogens (tertiary/aromatic N) is 2. The Morgan fingerprint density at radius 1 is 1.10 bits per heavy atom. The smallest absolute Gasteiger partial charge is 0.342 e. The number of carbonyl (C=O) groups excluding carboxylic acids is 1. The molecule has 4 rings (SSSR count). The zero-order valence-corrected chi connectivity index (χ0v) is 16.6. The Hall–Kier alpha value is -2.74. The number of amides is 1. The highest BCUT2D eigenvalue weighted by atomic mass is 35.5. The molecule has 0 unspecified atom stereocenters. The van der Waals surface area contributed by atoms with Crippen LogP contribution in [0, 0.1) is 0 Å². The van der Waals surface area contributed by atoms with Crippen molar-refractivity contribution < 1.29 is 18.0 Å². The van der Waals surface area contributed by atoms with Crippen LogP contribution in [0.2, 0.25) is 5.02 Å². The molecule has 1 fully saturated rings. The number of para-hydroxylation sites is 1. The van der Waals surface area contributed by atoms with Crippen LogP contribution in [0.3, 0.4) is 0 Å². The summed E-state index contributed by atoms with van der Waals surface area (Å²) in [5, 5.41) is 0.492. The summed E-state index contributed by atoms with van der Waals surface area (Å²) in [4.78, 5) is 29.5. The maximum atomic E-state index is 12.7. The van der Waals surface area contributed by atoms with Gasteiger partial charge in [-0.15, -0.1) is 0 Å². The van der Waals surface area contributed by atoms with E-state index in [-0.39, 0.29) is 24.1 Å². The average molecular weight is 438 g/mol. The van der Waals surface area contributed by atoms with Crippen molar-refractivity contribution in [3.05, 3.63) is 69.1 Å². The third-order valence-corrected chi connectivity index (χ3v) is 5.81. The summed E-state index contributed by atoms with van der Waals surface area (Å²) < 4.78 is 39.7. The van der Waals surface area contributed by atoms with Gasteiger partial charge in [-0.1, -0.05) is 29.8 Å². The highest BCUT2D eigenvalue weighted by molar-refractivity contribution is 6.34. The summed E-state index contributed by atoms with van der Waals surface area (Å²) in [7, 11) is 0. The lowest BCUT2D eigenvalue weighted by molar-refractivity contribution is -0.137. The van der Waals surface area contributed by atoms with Gasteiger partial charge in [-0.05, 0) is 42.7 Å². The van der Waals surface area contributed by atoms with Gasteiger partial charge in [0, 0.05) is 19.1 Å². The summed E-state index contributed by atoms with van der Waals surface area (Å²) in [6.45, 7) is 0.932. The molecule has 0 saturated carbocycles. The Bertz CT molecular complexity index is 1130. The van der Waals surface area contributed by atoms with Crippen molar-refractivity contribution in [2.75, 3.05) is 13.1 Å². The van der Waals surface area contributed by atoms with E-state index in [9.17, 15) is 22.8 Å². The first-order chi connectivity index (χ1) is 14.2. The molecule has 1 aromatic heterocycles. The number of piperidine rings is 1. The number of benzene rings is 2. The molecule has 2 aromatic carbocycles. The van der Waals surface area contributed by atoms with Gasteiger partial charge in [0.25, 0.3) is 0 Å². The predicted octanol–water partition coefficient (Wildman–Crippen LogP) is 4.41. The minimum absolute atomic E-state index is 0.0433. The molecule has 5 nitrogen and oxygen atoms in total. The minimum Gasteiger partial charge on any atom is -0.342 e. The predicted molar refractivity (Wildman–Crippen MR) is 108 cm³/mol. The molecule has 0 spiro atoms. The van der Waals surface area contributed by atoms with Crippen molar-refractivity contribution in [1.29, 1.82) is 0 Å². The molecule has 1 saturated heterocycles. The highest BCUT2D eigenvalue weighted by Crippen LogP contribution is 2.30. The fourth-order valence-corrected chi connectivity index (χ4v) is 4.22. The topological polar surface area (TPSA) is 58.1 Å². The molecule has 30 heavy (non-hydrogen) atoms. The number of aromatic nitrogens is 2. The SMILES string of the molecule is O=C(Cc1ccc(C(F)(F)F)cc1)N1CCC(n2c(=O)[nH]c3cccc(Cl)c32)CC1. The monoisotopic (exact) mass is 437 g/mol. The highest BCUT2D eigenvalue weighted by Gasteiger charge is 2.30. The third kappa shape index (κ3) is 3.96. The Morgan fingerprint density at radius 3 is 2.40 bits per heavy atom. The second-order valence-electron chi connectivity index (χ2n) is 7.42. The number of halogens is 4. The summed E-state index contributed by atoms with van der Waals surface area (Å²) in [5.74, 6) is -0.141. The number of nitrogens with one attached hydrogen (secondary N) is 1. The lowest BCUT2D eigenvalue weighted by Gasteiger charge is -2.32. The van der Waals surface area contributed by atoms with Crippen LogP contribution in [0.15, 0.2) is 47.3 Å². The van der Waals surface area contributed by atoms with Crippen LogP contribution in [-0.2, 0) is 17.4 Å². The Morgan fingerprint density at radius 2 is 1.77 bits per heavy atom. The van der Waals surface area contributed by atoms with E-state index in [0.717, 1.165) is 12.1 Å². The summed E-state index contributed by atoms with van der Waals surface area (Å²) in [6.07, 6.45) is -3.16. The second kappa shape index (κ2) is 7.83. The lowest BCUT2D eigenvalue weighted by Crippen LogP contribution is -2.41. The van der Waals surface area contributed by atoms with Gasteiger partial charge in [-0.2, -0.15) is 13.2 Å². The zero-order chi connectivity index (χ0) is 21.5. The van der Waals surface area contributed by atoms with Crippen LogP contribution >= 0.6 is 11.6 Å². The summed E-state index contributed by atoms with van der Waals surface area (Å²) in [6, 6.07) is 9.86.